The van der Waals surface area contributed by atoms with Crippen LogP contribution >= 0.6 is 0 Å². The van der Waals surface area contributed by atoms with Crippen LogP contribution in [0.3, 0.4) is 0 Å². The molecule has 3 heterocycles. The van der Waals surface area contributed by atoms with Crippen molar-refractivity contribution in [3.63, 3.8) is 0 Å². The maximum atomic E-state index is 12.2. The van der Waals surface area contributed by atoms with Crippen molar-refractivity contribution in [2.75, 3.05) is 13.1 Å². The molecule has 7 nitrogen and oxygen atoms in total. The number of amides is 2. The standard InChI is InChI=1S/C14H19N5O2/c1-18-10-16-17-13(18)11-4-2-6-19(9-11)14(20)15-8-12-5-3-7-21-12/h3,5,7,10-11H,2,4,6,8-9H2,1H3,(H,15,20)/t11-/m0/s1. The van der Waals surface area contributed by atoms with Gasteiger partial charge in [0.15, 0.2) is 0 Å². The van der Waals surface area contributed by atoms with Crippen molar-refractivity contribution in [2.24, 2.45) is 7.05 Å². The Balaban J connectivity index is 1.58. The summed E-state index contributed by atoms with van der Waals surface area (Å²) in [5.74, 6) is 1.95. The van der Waals surface area contributed by atoms with E-state index >= 15 is 0 Å². The first-order valence-electron chi connectivity index (χ1n) is 7.13. The molecule has 2 amide bonds. The van der Waals surface area contributed by atoms with Crippen molar-refractivity contribution in [3.05, 3.63) is 36.3 Å². The molecule has 1 aliphatic heterocycles. The third-order valence-electron chi connectivity index (χ3n) is 3.81. The van der Waals surface area contributed by atoms with Gasteiger partial charge in [0.05, 0.1) is 12.8 Å². The predicted octanol–water partition coefficient (Wildman–Crippen LogP) is 1.50. The van der Waals surface area contributed by atoms with E-state index in [1.54, 1.807) is 12.6 Å². The van der Waals surface area contributed by atoms with Crippen LogP contribution in [-0.2, 0) is 13.6 Å². The van der Waals surface area contributed by atoms with Crippen LogP contribution in [0.2, 0.25) is 0 Å². The topological polar surface area (TPSA) is 76.2 Å². The molecule has 2 aromatic heterocycles. The van der Waals surface area contributed by atoms with Gasteiger partial charge in [-0.1, -0.05) is 0 Å². The molecule has 0 radical (unpaired) electrons. The van der Waals surface area contributed by atoms with Crippen molar-refractivity contribution < 1.29 is 9.21 Å². The Hall–Kier alpha value is -2.31. The van der Waals surface area contributed by atoms with E-state index in [0.717, 1.165) is 31.0 Å². The maximum Gasteiger partial charge on any atom is 0.317 e. The van der Waals surface area contributed by atoms with E-state index in [2.05, 4.69) is 15.5 Å². The second kappa shape index (κ2) is 5.99. The van der Waals surface area contributed by atoms with Crippen molar-refractivity contribution in [2.45, 2.75) is 25.3 Å². The first-order valence-corrected chi connectivity index (χ1v) is 7.13. The maximum absolute atomic E-state index is 12.2. The minimum atomic E-state index is -0.0572. The van der Waals surface area contributed by atoms with Crippen LogP contribution in [0.4, 0.5) is 4.79 Å². The molecule has 1 N–H and O–H groups in total. The van der Waals surface area contributed by atoms with Gasteiger partial charge in [-0.05, 0) is 25.0 Å². The summed E-state index contributed by atoms with van der Waals surface area (Å²) >= 11 is 0. The van der Waals surface area contributed by atoms with E-state index in [4.69, 9.17) is 4.42 Å². The summed E-state index contributed by atoms with van der Waals surface area (Å²) in [6.07, 6.45) is 5.32. The summed E-state index contributed by atoms with van der Waals surface area (Å²) in [6.45, 7) is 1.87. The molecule has 0 unspecified atom stereocenters. The third kappa shape index (κ3) is 3.07. The Labute approximate surface area is 122 Å². The highest BCUT2D eigenvalue weighted by Crippen LogP contribution is 2.24. The Morgan fingerprint density at radius 1 is 1.57 bits per heavy atom. The average Bonchev–Trinajstić information content (AvgIpc) is 3.16. The minimum absolute atomic E-state index is 0.0572. The molecule has 21 heavy (non-hydrogen) atoms. The van der Waals surface area contributed by atoms with Crippen LogP contribution in [0.25, 0.3) is 0 Å². The van der Waals surface area contributed by atoms with Crippen molar-refractivity contribution >= 4 is 6.03 Å². The number of piperidine rings is 1. The van der Waals surface area contributed by atoms with Gasteiger partial charge >= 0.3 is 6.03 Å². The van der Waals surface area contributed by atoms with Gasteiger partial charge < -0.3 is 19.2 Å². The summed E-state index contributed by atoms with van der Waals surface area (Å²) in [6, 6.07) is 3.60. The molecule has 0 saturated carbocycles. The Morgan fingerprint density at radius 2 is 2.48 bits per heavy atom. The van der Waals surface area contributed by atoms with Crippen LogP contribution in [0.15, 0.2) is 29.1 Å². The van der Waals surface area contributed by atoms with Crippen LogP contribution in [0.1, 0.15) is 30.3 Å². The van der Waals surface area contributed by atoms with Gasteiger partial charge in [-0.15, -0.1) is 10.2 Å². The SMILES string of the molecule is Cn1cnnc1[C@H]1CCCN(C(=O)NCc2ccco2)C1. The number of carbonyl (C=O) groups is 1. The number of hydrogen-bond acceptors (Lipinski definition) is 4. The zero-order valence-electron chi connectivity index (χ0n) is 12.0. The van der Waals surface area contributed by atoms with Crippen LogP contribution in [-0.4, -0.2) is 38.8 Å². The van der Waals surface area contributed by atoms with Gasteiger partial charge in [0.2, 0.25) is 0 Å². The molecular weight excluding hydrogens is 270 g/mol. The largest absolute Gasteiger partial charge is 0.467 e. The molecular formula is C14H19N5O2. The van der Waals surface area contributed by atoms with Crippen LogP contribution in [0, 0.1) is 0 Å². The number of aromatic nitrogens is 3. The predicted molar refractivity (Wildman–Crippen MR) is 75.5 cm³/mol. The first-order chi connectivity index (χ1) is 10.2. The summed E-state index contributed by atoms with van der Waals surface area (Å²) < 4.78 is 7.14. The van der Waals surface area contributed by atoms with Crippen molar-refractivity contribution in [1.82, 2.24) is 25.0 Å². The molecule has 112 valence electrons. The van der Waals surface area contributed by atoms with Crippen molar-refractivity contribution in [3.8, 4) is 0 Å². The number of nitrogens with zero attached hydrogens (tertiary/aromatic N) is 4. The van der Waals surface area contributed by atoms with Gasteiger partial charge in [0, 0.05) is 26.1 Å². The summed E-state index contributed by atoms with van der Waals surface area (Å²) in [5, 5.41) is 11.0. The summed E-state index contributed by atoms with van der Waals surface area (Å²) in [7, 11) is 1.94. The van der Waals surface area contributed by atoms with E-state index < -0.39 is 0 Å². The van der Waals surface area contributed by atoms with E-state index in [1.165, 1.54) is 0 Å². The highest BCUT2D eigenvalue weighted by molar-refractivity contribution is 5.74. The molecule has 1 fully saturated rings. The summed E-state index contributed by atoms with van der Waals surface area (Å²) in [5.41, 5.74) is 0. The van der Waals surface area contributed by atoms with Crippen molar-refractivity contribution in [1.29, 1.82) is 0 Å². The molecule has 1 aliphatic rings. The molecule has 3 rings (SSSR count). The summed E-state index contributed by atoms with van der Waals surface area (Å²) in [4.78, 5) is 14.1. The lowest BCUT2D eigenvalue weighted by molar-refractivity contribution is 0.176. The fraction of sp³-hybridized carbons (Fsp3) is 0.500. The molecule has 1 saturated heterocycles. The number of carbonyl (C=O) groups excluding carboxylic acids is 1. The molecule has 0 bridgehead atoms. The number of aryl methyl sites for hydroxylation is 1. The van der Waals surface area contributed by atoms with Crippen LogP contribution < -0.4 is 5.32 Å². The van der Waals surface area contributed by atoms with Gasteiger partial charge in [-0.3, -0.25) is 0 Å². The first kappa shape index (κ1) is 13.7. The lowest BCUT2D eigenvalue weighted by Gasteiger charge is -2.32. The fourth-order valence-corrected chi connectivity index (χ4v) is 2.72. The van der Waals surface area contributed by atoms with Gasteiger partial charge in [0.1, 0.15) is 17.9 Å². The number of nitrogens with one attached hydrogen (secondary N) is 1. The lowest BCUT2D eigenvalue weighted by atomic mass is 9.97. The molecule has 0 aliphatic carbocycles. The second-order valence-electron chi connectivity index (χ2n) is 5.32. The molecule has 1 atom stereocenters. The van der Waals surface area contributed by atoms with E-state index in [1.807, 2.05) is 28.6 Å². The number of likely N-dealkylation sites (tertiary alicyclic amines) is 1. The Bertz CT molecular complexity index is 592. The Morgan fingerprint density at radius 3 is 3.19 bits per heavy atom. The van der Waals surface area contributed by atoms with Gasteiger partial charge in [-0.25, -0.2) is 4.79 Å². The number of furan rings is 1. The molecule has 0 aromatic carbocycles. The molecule has 7 heteroatoms. The molecule has 0 spiro atoms. The average molecular weight is 289 g/mol. The zero-order chi connectivity index (χ0) is 14.7. The van der Waals surface area contributed by atoms with Gasteiger partial charge in [0.25, 0.3) is 0 Å². The fourth-order valence-electron chi connectivity index (χ4n) is 2.72. The monoisotopic (exact) mass is 289 g/mol. The normalized spacial score (nSPS) is 18.7. The van der Waals surface area contributed by atoms with E-state index in [0.29, 0.717) is 13.1 Å². The minimum Gasteiger partial charge on any atom is -0.467 e. The molecule has 2 aromatic rings. The second-order valence-corrected chi connectivity index (χ2v) is 5.32. The Kier molecular flexibility index (Phi) is 3.89. The highest BCUT2D eigenvalue weighted by atomic mass is 16.3. The highest BCUT2D eigenvalue weighted by Gasteiger charge is 2.27. The smallest absolute Gasteiger partial charge is 0.317 e. The number of hydrogen-bond donors (Lipinski definition) is 1. The van der Waals surface area contributed by atoms with E-state index in [-0.39, 0.29) is 11.9 Å². The number of rotatable bonds is 3. The third-order valence-corrected chi connectivity index (χ3v) is 3.81. The zero-order valence-corrected chi connectivity index (χ0v) is 12.0. The lowest BCUT2D eigenvalue weighted by Crippen LogP contribution is -2.45. The van der Waals surface area contributed by atoms with Gasteiger partial charge in [-0.2, -0.15) is 0 Å². The van der Waals surface area contributed by atoms with Crippen LogP contribution in [0.5, 0.6) is 0 Å². The van der Waals surface area contributed by atoms with E-state index in [9.17, 15) is 4.79 Å². The quantitative estimate of drug-likeness (QED) is 0.929. The number of urea groups is 1.